The lowest BCUT2D eigenvalue weighted by atomic mass is 9.87. The minimum atomic E-state index is -0.119. The maximum atomic E-state index is 12.7. The quantitative estimate of drug-likeness (QED) is 0.887. The third-order valence-electron chi connectivity index (χ3n) is 4.79. The number of rotatable bonds is 5. The summed E-state index contributed by atoms with van der Waals surface area (Å²) in [7, 11) is 1.96. The van der Waals surface area contributed by atoms with Crippen molar-refractivity contribution in [3.63, 3.8) is 0 Å². The zero-order valence-electron chi connectivity index (χ0n) is 14.1. The van der Waals surface area contributed by atoms with Crippen molar-refractivity contribution in [2.45, 2.75) is 31.8 Å². The predicted octanol–water partition coefficient (Wildman–Crippen LogP) is 2.61. The van der Waals surface area contributed by atoms with E-state index in [1.54, 1.807) is 4.90 Å². The van der Waals surface area contributed by atoms with Crippen LogP contribution < -0.4 is 5.32 Å². The number of aliphatic hydroxyl groups is 1. The molecule has 2 N–H and O–H groups in total. The normalized spacial score (nSPS) is 16.5. The lowest BCUT2D eigenvalue weighted by molar-refractivity contribution is 0.144. The highest BCUT2D eigenvalue weighted by Crippen LogP contribution is 2.34. The molecule has 5 nitrogen and oxygen atoms in total. The van der Waals surface area contributed by atoms with Crippen LogP contribution >= 0.6 is 0 Å². The standard InChI is InChI=1S/C19H25N3O2/c1-21-11-5-8-16(21)14-20-19(24)22(12-13-23)18-10-4-7-15-6-2-3-9-17(15)18/h2-3,5-6,8-9,11,18,23H,4,7,10,12-14H2,1H3,(H,20,24)/t18-/m0/s1. The fraction of sp³-hybridized carbons (Fsp3) is 0.421. The first-order valence-corrected chi connectivity index (χ1v) is 8.54. The predicted molar refractivity (Wildman–Crippen MR) is 93.6 cm³/mol. The molecule has 1 aromatic carbocycles. The molecular formula is C19H25N3O2. The van der Waals surface area contributed by atoms with E-state index in [4.69, 9.17) is 0 Å². The molecule has 1 aliphatic rings. The fourth-order valence-electron chi connectivity index (χ4n) is 3.51. The highest BCUT2D eigenvalue weighted by molar-refractivity contribution is 5.75. The Bertz CT molecular complexity index is 695. The molecule has 128 valence electrons. The molecule has 5 heteroatoms. The first-order chi connectivity index (χ1) is 11.7. The van der Waals surface area contributed by atoms with E-state index in [9.17, 15) is 9.90 Å². The Hall–Kier alpha value is -2.27. The first-order valence-electron chi connectivity index (χ1n) is 8.54. The molecule has 3 rings (SSSR count). The van der Waals surface area contributed by atoms with Crippen LogP contribution in [0.2, 0.25) is 0 Å². The van der Waals surface area contributed by atoms with Gasteiger partial charge in [-0.25, -0.2) is 4.79 Å². The number of aliphatic hydroxyl groups excluding tert-OH is 1. The summed E-state index contributed by atoms with van der Waals surface area (Å²) < 4.78 is 1.99. The number of urea groups is 1. The molecule has 0 spiro atoms. The lowest BCUT2D eigenvalue weighted by Crippen LogP contribution is -2.44. The Balaban J connectivity index is 1.75. The number of fused-ring (bicyclic) bond motifs is 1. The number of nitrogens with one attached hydrogen (secondary N) is 1. The number of aromatic nitrogens is 1. The van der Waals surface area contributed by atoms with E-state index in [1.807, 2.05) is 42.1 Å². The molecule has 0 radical (unpaired) electrons. The molecule has 2 amide bonds. The zero-order chi connectivity index (χ0) is 16.9. The van der Waals surface area contributed by atoms with Crippen molar-refractivity contribution in [2.75, 3.05) is 13.2 Å². The van der Waals surface area contributed by atoms with Gasteiger partial charge in [0.25, 0.3) is 0 Å². The molecule has 1 heterocycles. The van der Waals surface area contributed by atoms with Gasteiger partial charge < -0.3 is 19.9 Å². The van der Waals surface area contributed by atoms with E-state index in [0.717, 1.165) is 25.0 Å². The first kappa shape index (κ1) is 16.6. The van der Waals surface area contributed by atoms with Crippen LogP contribution in [0.3, 0.4) is 0 Å². The van der Waals surface area contributed by atoms with Gasteiger partial charge in [0.05, 0.1) is 19.2 Å². The number of hydrogen-bond donors (Lipinski definition) is 2. The Kier molecular flexibility index (Phi) is 5.20. The van der Waals surface area contributed by atoms with Crippen LogP contribution in [-0.2, 0) is 20.0 Å². The molecule has 0 aliphatic heterocycles. The zero-order valence-corrected chi connectivity index (χ0v) is 14.1. The van der Waals surface area contributed by atoms with Gasteiger partial charge in [-0.15, -0.1) is 0 Å². The minimum absolute atomic E-state index is 0.0315. The van der Waals surface area contributed by atoms with E-state index in [-0.39, 0.29) is 18.7 Å². The smallest absolute Gasteiger partial charge is 0.318 e. The molecule has 0 bridgehead atoms. The highest BCUT2D eigenvalue weighted by Gasteiger charge is 2.28. The van der Waals surface area contributed by atoms with Crippen molar-refractivity contribution in [1.82, 2.24) is 14.8 Å². The van der Waals surface area contributed by atoms with Crippen molar-refractivity contribution >= 4 is 6.03 Å². The number of hydrogen-bond acceptors (Lipinski definition) is 2. The van der Waals surface area contributed by atoms with Gasteiger partial charge in [-0.3, -0.25) is 0 Å². The van der Waals surface area contributed by atoms with Gasteiger partial charge in [-0.1, -0.05) is 24.3 Å². The number of nitrogens with zero attached hydrogens (tertiary/aromatic N) is 2. The van der Waals surface area contributed by atoms with Crippen LogP contribution in [0.1, 0.15) is 35.7 Å². The van der Waals surface area contributed by atoms with Crippen molar-refractivity contribution in [3.8, 4) is 0 Å². The Morgan fingerprint density at radius 2 is 2.17 bits per heavy atom. The molecule has 2 aromatic rings. The molecule has 24 heavy (non-hydrogen) atoms. The molecule has 1 aromatic heterocycles. The average Bonchev–Trinajstić information content (AvgIpc) is 3.02. The minimum Gasteiger partial charge on any atom is -0.395 e. The molecule has 0 unspecified atom stereocenters. The summed E-state index contributed by atoms with van der Waals surface area (Å²) in [6, 6.07) is 12.2. The number of benzene rings is 1. The molecule has 1 atom stereocenters. The van der Waals surface area contributed by atoms with Gasteiger partial charge in [0.1, 0.15) is 0 Å². The lowest BCUT2D eigenvalue weighted by Gasteiger charge is -2.35. The monoisotopic (exact) mass is 327 g/mol. The summed E-state index contributed by atoms with van der Waals surface area (Å²) in [6.45, 7) is 0.798. The Morgan fingerprint density at radius 3 is 2.92 bits per heavy atom. The SMILES string of the molecule is Cn1cccc1CNC(=O)N(CCO)[C@H]1CCCc2ccccc21. The summed E-state index contributed by atoms with van der Waals surface area (Å²) in [5.41, 5.74) is 3.58. The molecular weight excluding hydrogens is 302 g/mol. The van der Waals surface area contributed by atoms with Crippen LogP contribution in [0.5, 0.6) is 0 Å². The van der Waals surface area contributed by atoms with Crippen LogP contribution in [0.25, 0.3) is 0 Å². The molecule has 0 saturated heterocycles. The van der Waals surface area contributed by atoms with Crippen molar-refractivity contribution in [3.05, 3.63) is 59.4 Å². The second-order valence-corrected chi connectivity index (χ2v) is 6.29. The van der Waals surface area contributed by atoms with E-state index in [2.05, 4.69) is 17.4 Å². The average molecular weight is 327 g/mol. The van der Waals surface area contributed by atoms with Gasteiger partial charge in [0.15, 0.2) is 0 Å². The number of aryl methyl sites for hydroxylation is 2. The molecule has 0 fully saturated rings. The topological polar surface area (TPSA) is 57.5 Å². The van der Waals surface area contributed by atoms with Gasteiger partial charge in [-0.05, 0) is 42.5 Å². The second-order valence-electron chi connectivity index (χ2n) is 6.29. The van der Waals surface area contributed by atoms with E-state index in [0.29, 0.717) is 13.1 Å². The Morgan fingerprint density at radius 1 is 1.33 bits per heavy atom. The fourth-order valence-corrected chi connectivity index (χ4v) is 3.51. The van der Waals surface area contributed by atoms with Crippen molar-refractivity contribution in [2.24, 2.45) is 7.05 Å². The molecule has 0 saturated carbocycles. The summed E-state index contributed by atoms with van der Waals surface area (Å²) in [6.07, 6.45) is 5.03. The van der Waals surface area contributed by atoms with Gasteiger partial charge in [-0.2, -0.15) is 0 Å². The summed E-state index contributed by atoms with van der Waals surface area (Å²) >= 11 is 0. The number of carbonyl (C=O) groups excluding carboxylic acids is 1. The highest BCUT2D eigenvalue weighted by atomic mass is 16.3. The largest absolute Gasteiger partial charge is 0.395 e. The van der Waals surface area contributed by atoms with Crippen molar-refractivity contribution in [1.29, 1.82) is 0 Å². The van der Waals surface area contributed by atoms with E-state index >= 15 is 0 Å². The Labute approximate surface area is 142 Å². The van der Waals surface area contributed by atoms with E-state index in [1.165, 1.54) is 11.1 Å². The number of amides is 2. The van der Waals surface area contributed by atoms with Crippen LogP contribution in [0.15, 0.2) is 42.6 Å². The maximum absolute atomic E-state index is 12.7. The summed E-state index contributed by atoms with van der Waals surface area (Å²) in [5.74, 6) is 0. The number of carbonyl (C=O) groups is 1. The van der Waals surface area contributed by atoms with Gasteiger partial charge in [0.2, 0.25) is 0 Å². The van der Waals surface area contributed by atoms with Crippen molar-refractivity contribution < 1.29 is 9.90 Å². The van der Waals surface area contributed by atoms with Gasteiger partial charge >= 0.3 is 6.03 Å². The summed E-state index contributed by atoms with van der Waals surface area (Å²) in [4.78, 5) is 14.5. The van der Waals surface area contributed by atoms with Crippen LogP contribution in [-0.4, -0.2) is 33.8 Å². The molecule has 1 aliphatic carbocycles. The third-order valence-corrected chi connectivity index (χ3v) is 4.79. The van der Waals surface area contributed by atoms with E-state index < -0.39 is 0 Å². The second kappa shape index (κ2) is 7.53. The van der Waals surface area contributed by atoms with Crippen LogP contribution in [0, 0.1) is 0 Å². The van der Waals surface area contributed by atoms with Gasteiger partial charge in [0, 0.05) is 25.5 Å². The maximum Gasteiger partial charge on any atom is 0.318 e. The third kappa shape index (κ3) is 3.46. The summed E-state index contributed by atoms with van der Waals surface area (Å²) in [5, 5.41) is 12.4. The van der Waals surface area contributed by atoms with Crippen LogP contribution in [0.4, 0.5) is 4.79 Å².